The van der Waals surface area contributed by atoms with Crippen molar-refractivity contribution in [2.24, 2.45) is 0 Å². The van der Waals surface area contributed by atoms with Gasteiger partial charge in [-0.15, -0.1) is 0 Å². The van der Waals surface area contributed by atoms with Crippen molar-refractivity contribution in [2.45, 2.75) is 6.54 Å². The van der Waals surface area contributed by atoms with E-state index in [1.54, 1.807) is 12.3 Å². The lowest BCUT2D eigenvalue weighted by atomic mass is 10.2. The molecule has 0 aliphatic carbocycles. The van der Waals surface area contributed by atoms with E-state index in [-0.39, 0.29) is 5.82 Å². The molecule has 1 aromatic heterocycles. The second-order valence-corrected chi connectivity index (χ2v) is 3.28. The summed E-state index contributed by atoms with van der Waals surface area (Å²) in [6, 6.07) is 6.24. The Morgan fingerprint density at radius 3 is 3.00 bits per heavy atom. The van der Waals surface area contributed by atoms with Crippen LogP contribution in [0.5, 0.6) is 5.75 Å². The molecule has 0 unspecified atom stereocenters. The van der Waals surface area contributed by atoms with Gasteiger partial charge in [0.15, 0.2) is 0 Å². The van der Waals surface area contributed by atoms with Crippen molar-refractivity contribution in [1.29, 1.82) is 0 Å². The minimum absolute atomic E-state index is 0.316. The van der Waals surface area contributed by atoms with Gasteiger partial charge in [-0.3, -0.25) is 5.10 Å². The molecule has 0 saturated heterocycles. The minimum Gasteiger partial charge on any atom is -0.494 e. The third-order valence-electron chi connectivity index (χ3n) is 2.19. The van der Waals surface area contributed by atoms with Gasteiger partial charge in [-0.05, 0) is 18.2 Å². The maximum absolute atomic E-state index is 12.9. The predicted molar refractivity (Wildman–Crippen MR) is 58.9 cm³/mol. The Balaban J connectivity index is 2.09. The minimum atomic E-state index is -0.316. The molecular formula is C11H12FN3O. The average Bonchev–Trinajstić information content (AvgIpc) is 2.80. The summed E-state index contributed by atoms with van der Waals surface area (Å²) >= 11 is 0. The fourth-order valence-corrected chi connectivity index (χ4v) is 1.38. The molecule has 0 spiro atoms. The Labute approximate surface area is 92.4 Å². The third-order valence-corrected chi connectivity index (χ3v) is 2.19. The number of hydrogen-bond acceptors (Lipinski definition) is 3. The van der Waals surface area contributed by atoms with Gasteiger partial charge in [0.05, 0.1) is 25.0 Å². The first-order valence-electron chi connectivity index (χ1n) is 4.85. The second kappa shape index (κ2) is 4.65. The van der Waals surface area contributed by atoms with Crippen molar-refractivity contribution in [2.75, 3.05) is 12.4 Å². The van der Waals surface area contributed by atoms with Gasteiger partial charge in [0.25, 0.3) is 0 Å². The first kappa shape index (κ1) is 10.5. The molecule has 0 aliphatic heterocycles. The predicted octanol–water partition coefficient (Wildman–Crippen LogP) is 2.17. The van der Waals surface area contributed by atoms with E-state index in [4.69, 9.17) is 4.74 Å². The summed E-state index contributed by atoms with van der Waals surface area (Å²) in [6.45, 7) is 0.585. The summed E-state index contributed by atoms with van der Waals surface area (Å²) in [7, 11) is 1.51. The number of methoxy groups -OCH3 is 1. The lowest BCUT2D eigenvalue weighted by molar-refractivity contribution is 0.413. The number of ether oxygens (including phenoxy) is 1. The van der Waals surface area contributed by atoms with E-state index in [0.29, 0.717) is 12.3 Å². The third kappa shape index (κ3) is 2.31. The fourth-order valence-electron chi connectivity index (χ4n) is 1.38. The molecule has 0 aliphatic rings. The summed E-state index contributed by atoms with van der Waals surface area (Å²) in [5.41, 5.74) is 1.70. The molecule has 0 fully saturated rings. The highest BCUT2D eigenvalue weighted by atomic mass is 19.1. The number of nitrogens with zero attached hydrogens (tertiary/aromatic N) is 1. The van der Waals surface area contributed by atoms with E-state index in [2.05, 4.69) is 15.5 Å². The molecule has 0 radical (unpaired) electrons. The molecule has 1 heterocycles. The zero-order valence-electron chi connectivity index (χ0n) is 8.83. The smallest absolute Gasteiger partial charge is 0.144 e. The van der Waals surface area contributed by atoms with Crippen LogP contribution in [0.4, 0.5) is 10.1 Å². The van der Waals surface area contributed by atoms with Gasteiger partial charge in [-0.2, -0.15) is 5.10 Å². The van der Waals surface area contributed by atoms with Gasteiger partial charge in [0, 0.05) is 12.3 Å². The van der Waals surface area contributed by atoms with Crippen molar-refractivity contribution >= 4 is 5.69 Å². The summed E-state index contributed by atoms with van der Waals surface area (Å²) in [5, 5.41) is 9.79. The van der Waals surface area contributed by atoms with Gasteiger partial charge in [0.2, 0.25) is 0 Å². The number of aromatic amines is 1. The normalized spacial score (nSPS) is 10.1. The van der Waals surface area contributed by atoms with Crippen LogP contribution in [0, 0.1) is 5.82 Å². The quantitative estimate of drug-likeness (QED) is 0.831. The van der Waals surface area contributed by atoms with Crippen LogP contribution < -0.4 is 10.1 Å². The summed E-state index contributed by atoms with van der Waals surface area (Å²) in [6.07, 6.45) is 1.68. The van der Waals surface area contributed by atoms with Gasteiger partial charge in [0.1, 0.15) is 11.6 Å². The standard InChI is InChI=1S/C11H12FN3O/c1-16-11-6-8(12)2-3-10(11)13-7-9-4-5-14-15-9/h2-6,13H,7H2,1H3,(H,14,15). The molecule has 2 N–H and O–H groups in total. The number of halogens is 1. The van der Waals surface area contributed by atoms with Crippen LogP contribution in [-0.4, -0.2) is 17.3 Å². The van der Waals surface area contributed by atoms with Crippen molar-refractivity contribution in [1.82, 2.24) is 10.2 Å². The molecule has 0 saturated carbocycles. The first-order valence-corrected chi connectivity index (χ1v) is 4.85. The molecule has 16 heavy (non-hydrogen) atoms. The van der Waals surface area contributed by atoms with Gasteiger partial charge >= 0.3 is 0 Å². The van der Waals surface area contributed by atoms with Crippen LogP contribution in [0.3, 0.4) is 0 Å². The number of rotatable bonds is 4. The molecule has 5 heteroatoms. The van der Waals surface area contributed by atoms with E-state index in [1.807, 2.05) is 6.07 Å². The van der Waals surface area contributed by atoms with E-state index in [0.717, 1.165) is 11.4 Å². The van der Waals surface area contributed by atoms with Gasteiger partial charge in [-0.1, -0.05) is 0 Å². The van der Waals surface area contributed by atoms with Crippen LogP contribution in [0.25, 0.3) is 0 Å². The molecule has 0 bridgehead atoms. The second-order valence-electron chi connectivity index (χ2n) is 3.28. The molecule has 2 rings (SSSR count). The molecule has 0 amide bonds. The summed E-state index contributed by atoms with van der Waals surface area (Å²) in [5.74, 6) is 0.170. The Hall–Kier alpha value is -2.04. The van der Waals surface area contributed by atoms with Crippen LogP contribution in [0.1, 0.15) is 5.69 Å². The monoisotopic (exact) mass is 221 g/mol. The van der Waals surface area contributed by atoms with Crippen LogP contribution in [-0.2, 0) is 6.54 Å². The lowest BCUT2D eigenvalue weighted by Gasteiger charge is -2.10. The number of anilines is 1. The lowest BCUT2D eigenvalue weighted by Crippen LogP contribution is -2.02. The van der Waals surface area contributed by atoms with Crippen molar-refractivity contribution in [3.8, 4) is 5.75 Å². The molecule has 0 atom stereocenters. The average molecular weight is 221 g/mol. The molecule has 4 nitrogen and oxygen atoms in total. The zero-order valence-corrected chi connectivity index (χ0v) is 8.83. The van der Waals surface area contributed by atoms with Crippen LogP contribution in [0.15, 0.2) is 30.5 Å². The topological polar surface area (TPSA) is 49.9 Å². The summed E-state index contributed by atoms with van der Waals surface area (Å²) in [4.78, 5) is 0. The van der Waals surface area contributed by atoms with Crippen LogP contribution >= 0.6 is 0 Å². The SMILES string of the molecule is COc1cc(F)ccc1NCc1ccn[nH]1. The highest BCUT2D eigenvalue weighted by molar-refractivity contribution is 5.56. The highest BCUT2D eigenvalue weighted by Gasteiger charge is 2.04. The zero-order chi connectivity index (χ0) is 11.4. The number of H-pyrrole nitrogens is 1. The molecule has 2 aromatic rings. The van der Waals surface area contributed by atoms with E-state index >= 15 is 0 Å². The van der Waals surface area contributed by atoms with Gasteiger partial charge in [-0.25, -0.2) is 4.39 Å². The van der Waals surface area contributed by atoms with Crippen molar-refractivity contribution < 1.29 is 9.13 Å². The maximum Gasteiger partial charge on any atom is 0.144 e. The number of benzene rings is 1. The molecule has 1 aromatic carbocycles. The van der Waals surface area contributed by atoms with E-state index in [9.17, 15) is 4.39 Å². The van der Waals surface area contributed by atoms with E-state index in [1.165, 1.54) is 19.2 Å². The van der Waals surface area contributed by atoms with Crippen LogP contribution in [0.2, 0.25) is 0 Å². The van der Waals surface area contributed by atoms with Gasteiger partial charge < -0.3 is 10.1 Å². The summed E-state index contributed by atoms with van der Waals surface area (Å²) < 4.78 is 18.0. The Bertz CT molecular complexity index is 456. The molecule has 84 valence electrons. The Morgan fingerprint density at radius 2 is 2.31 bits per heavy atom. The number of nitrogens with one attached hydrogen (secondary N) is 2. The van der Waals surface area contributed by atoms with Crippen molar-refractivity contribution in [3.63, 3.8) is 0 Å². The highest BCUT2D eigenvalue weighted by Crippen LogP contribution is 2.25. The first-order chi connectivity index (χ1) is 7.79. The maximum atomic E-state index is 12.9. The largest absolute Gasteiger partial charge is 0.494 e. The van der Waals surface area contributed by atoms with E-state index < -0.39 is 0 Å². The fraction of sp³-hybridized carbons (Fsp3) is 0.182. The number of hydrogen-bond donors (Lipinski definition) is 2. The molecular weight excluding hydrogens is 209 g/mol. The van der Waals surface area contributed by atoms with Crippen molar-refractivity contribution in [3.05, 3.63) is 42.0 Å². The Kier molecular flexibility index (Phi) is 3.05. The Morgan fingerprint density at radius 1 is 1.44 bits per heavy atom. The number of aromatic nitrogens is 2.